The molecule has 12 heteroatoms. The van der Waals surface area contributed by atoms with Gasteiger partial charge in [0.25, 0.3) is 0 Å². The van der Waals surface area contributed by atoms with Crippen LogP contribution in [0.15, 0.2) is 17.3 Å². The summed E-state index contributed by atoms with van der Waals surface area (Å²) in [6, 6.07) is 1.13. The number of pyridine rings is 1. The van der Waals surface area contributed by atoms with Crippen LogP contribution >= 0.6 is 35.6 Å². The molecule has 1 aromatic rings. The summed E-state index contributed by atoms with van der Waals surface area (Å²) in [4.78, 5) is 10.2. The molecule has 0 unspecified atom stereocenters. The van der Waals surface area contributed by atoms with E-state index in [-0.39, 0.29) is 41.5 Å². The van der Waals surface area contributed by atoms with Crippen molar-refractivity contribution in [3.8, 4) is 5.88 Å². The zero-order valence-electron chi connectivity index (χ0n) is 17.0. The lowest BCUT2D eigenvalue weighted by Crippen LogP contribution is -2.49. The average molecular weight is 566 g/mol. The molecule has 0 atom stereocenters. The van der Waals surface area contributed by atoms with Crippen molar-refractivity contribution in [3.05, 3.63) is 22.8 Å². The first kappa shape index (κ1) is 27.0. The molecule has 2 rings (SSSR count). The van der Waals surface area contributed by atoms with Crippen molar-refractivity contribution in [2.45, 2.75) is 25.1 Å². The molecular formula is C18H28ClF3IN5O2. The van der Waals surface area contributed by atoms with Crippen molar-refractivity contribution >= 4 is 41.5 Å². The van der Waals surface area contributed by atoms with Crippen molar-refractivity contribution in [1.82, 2.24) is 20.5 Å². The number of aliphatic imine (C=N–C) groups is 1. The third-order valence-corrected chi connectivity index (χ3v) is 4.80. The molecule has 0 saturated carbocycles. The number of hydrogen-bond donors (Lipinski definition) is 2. The number of rotatable bonds is 8. The number of aromatic nitrogens is 1. The van der Waals surface area contributed by atoms with Crippen molar-refractivity contribution < 1.29 is 22.6 Å². The largest absolute Gasteiger partial charge is 0.475 e. The van der Waals surface area contributed by atoms with E-state index in [1.54, 1.807) is 14.2 Å². The zero-order valence-corrected chi connectivity index (χ0v) is 20.1. The van der Waals surface area contributed by atoms with Gasteiger partial charge in [-0.3, -0.25) is 4.99 Å². The lowest BCUT2D eigenvalue weighted by Gasteiger charge is -2.32. The monoisotopic (exact) mass is 565 g/mol. The third kappa shape index (κ3) is 8.98. The summed E-state index contributed by atoms with van der Waals surface area (Å²) >= 11 is 5.82. The Balaban J connectivity index is 0.00000450. The van der Waals surface area contributed by atoms with E-state index in [0.29, 0.717) is 24.7 Å². The van der Waals surface area contributed by atoms with Crippen LogP contribution < -0.4 is 15.4 Å². The van der Waals surface area contributed by atoms with Crippen LogP contribution in [0, 0.1) is 0 Å². The van der Waals surface area contributed by atoms with Crippen LogP contribution in [0.25, 0.3) is 0 Å². The highest BCUT2D eigenvalue weighted by molar-refractivity contribution is 14.0. The van der Waals surface area contributed by atoms with Crippen molar-refractivity contribution in [2.75, 3.05) is 53.6 Å². The topological polar surface area (TPSA) is 71.0 Å². The van der Waals surface area contributed by atoms with E-state index in [1.165, 1.54) is 0 Å². The lowest BCUT2D eigenvalue weighted by atomic mass is 10.1. The summed E-state index contributed by atoms with van der Waals surface area (Å²) in [7, 11) is 3.38. The second-order valence-electron chi connectivity index (χ2n) is 6.61. The number of nitrogens with zero attached hydrogens (tertiary/aromatic N) is 3. The smallest absolute Gasteiger partial charge is 0.417 e. The Hall–Kier alpha value is -1.05. The predicted octanol–water partition coefficient (Wildman–Crippen LogP) is 3.03. The number of ether oxygens (including phenoxy) is 2. The SMILES string of the molecule is CN=C(NCCOc1ncc(C(F)(F)F)cc1Cl)NC1CCN(CCOC)CC1.I. The average Bonchev–Trinajstić information content (AvgIpc) is 2.69. The Morgan fingerprint density at radius 1 is 1.33 bits per heavy atom. The van der Waals surface area contributed by atoms with E-state index >= 15 is 0 Å². The van der Waals surface area contributed by atoms with Gasteiger partial charge in [0.1, 0.15) is 11.6 Å². The van der Waals surface area contributed by atoms with Crippen LogP contribution in [-0.2, 0) is 10.9 Å². The molecule has 172 valence electrons. The van der Waals surface area contributed by atoms with Crippen molar-refractivity contribution in [1.29, 1.82) is 0 Å². The van der Waals surface area contributed by atoms with E-state index < -0.39 is 11.7 Å². The zero-order chi connectivity index (χ0) is 21.3. The fourth-order valence-electron chi connectivity index (χ4n) is 2.91. The molecule has 0 amide bonds. The molecule has 0 spiro atoms. The Kier molecular flexibility index (Phi) is 12.0. The molecule has 1 saturated heterocycles. The number of hydrogen-bond acceptors (Lipinski definition) is 5. The molecule has 0 aromatic carbocycles. The van der Waals surface area contributed by atoms with E-state index in [4.69, 9.17) is 21.1 Å². The van der Waals surface area contributed by atoms with Crippen LogP contribution in [-0.4, -0.2) is 75.4 Å². The first-order valence-corrected chi connectivity index (χ1v) is 9.75. The van der Waals surface area contributed by atoms with Gasteiger partial charge in [-0.25, -0.2) is 4.98 Å². The number of halogens is 5. The minimum atomic E-state index is -4.49. The van der Waals surface area contributed by atoms with Gasteiger partial charge in [0.05, 0.1) is 18.7 Å². The Bertz CT molecular complexity index is 674. The normalized spacial score (nSPS) is 16.1. The van der Waals surface area contributed by atoms with E-state index in [9.17, 15) is 13.2 Å². The second-order valence-corrected chi connectivity index (χ2v) is 7.02. The number of likely N-dealkylation sites (tertiary alicyclic amines) is 1. The highest BCUT2D eigenvalue weighted by Gasteiger charge is 2.31. The maximum atomic E-state index is 12.6. The van der Waals surface area contributed by atoms with Crippen LogP contribution in [0.4, 0.5) is 13.2 Å². The maximum Gasteiger partial charge on any atom is 0.417 e. The van der Waals surface area contributed by atoms with E-state index in [2.05, 4.69) is 25.5 Å². The highest BCUT2D eigenvalue weighted by atomic mass is 127. The summed E-state index contributed by atoms with van der Waals surface area (Å²) in [6.45, 7) is 4.24. The van der Waals surface area contributed by atoms with Gasteiger partial charge in [-0.2, -0.15) is 13.2 Å². The number of alkyl halides is 3. The number of methoxy groups -OCH3 is 1. The van der Waals surface area contributed by atoms with Crippen LogP contribution in [0.2, 0.25) is 5.02 Å². The molecule has 1 aliphatic rings. The maximum absolute atomic E-state index is 12.6. The minimum Gasteiger partial charge on any atom is -0.475 e. The van der Waals surface area contributed by atoms with Crippen LogP contribution in [0.1, 0.15) is 18.4 Å². The molecule has 1 aliphatic heterocycles. The van der Waals surface area contributed by atoms with Crippen LogP contribution in [0.3, 0.4) is 0 Å². The first-order chi connectivity index (χ1) is 13.8. The molecule has 7 nitrogen and oxygen atoms in total. The fraction of sp³-hybridized carbons (Fsp3) is 0.667. The van der Waals surface area contributed by atoms with Gasteiger partial charge in [0.2, 0.25) is 5.88 Å². The Labute approximate surface area is 196 Å². The van der Waals surface area contributed by atoms with E-state index in [0.717, 1.165) is 45.1 Å². The van der Waals surface area contributed by atoms with Crippen molar-refractivity contribution in [3.63, 3.8) is 0 Å². The quantitative estimate of drug-likeness (QED) is 0.219. The fourth-order valence-corrected chi connectivity index (χ4v) is 3.13. The highest BCUT2D eigenvalue weighted by Crippen LogP contribution is 2.32. The summed E-state index contributed by atoms with van der Waals surface area (Å²) < 4.78 is 48.3. The molecule has 30 heavy (non-hydrogen) atoms. The minimum absolute atomic E-state index is 0. The number of nitrogens with one attached hydrogen (secondary N) is 2. The van der Waals surface area contributed by atoms with Gasteiger partial charge < -0.3 is 25.0 Å². The molecular weight excluding hydrogens is 538 g/mol. The van der Waals surface area contributed by atoms with Gasteiger partial charge >= 0.3 is 6.18 Å². The molecule has 2 N–H and O–H groups in total. The summed E-state index contributed by atoms with van der Waals surface area (Å²) in [5.41, 5.74) is -0.911. The van der Waals surface area contributed by atoms with Gasteiger partial charge in [0.15, 0.2) is 5.96 Å². The predicted molar refractivity (Wildman–Crippen MR) is 121 cm³/mol. The second kappa shape index (κ2) is 13.4. The molecule has 1 aromatic heterocycles. The molecule has 1 fully saturated rings. The van der Waals surface area contributed by atoms with Gasteiger partial charge in [-0.15, -0.1) is 24.0 Å². The first-order valence-electron chi connectivity index (χ1n) is 9.37. The third-order valence-electron chi connectivity index (χ3n) is 4.53. The summed E-state index contributed by atoms with van der Waals surface area (Å²) in [6.07, 6.45) is -1.78. The molecule has 2 heterocycles. The molecule has 0 aliphatic carbocycles. The summed E-state index contributed by atoms with van der Waals surface area (Å²) in [5, 5.41) is 6.31. The van der Waals surface area contributed by atoms with Gasteiger partial charge in [-0.1, -0.05) is 11.6 Å². The van der Waals surface area contributed by atoms with Gasteiger partial charge in [-0.05, 0) is 18.9 Å². The summed E-state index contributed by atoms with van der Waals surface area (Å²) in [5.74, 6) is 0.614. The number of piperidine rings is 1. The lowest BCUT2D eigenvalue weighted by molar-refractivity contribution is -0.137. The Morgan fingerprint density at radius 2 is 2.03 bits per heavy atom. The number of guanidine groups is 1. The van der Waals surface area contributed by atoms with Crippen molar-refractivity contribution in [2.24, 2.45) is 4.99 Å². The van der Waals surface area contributed by atoms with E-state index in [1.807, 2.05) is 0 Å². The standard InChI is InChI=1S/C18H27ClF3N5O2.HI/c1-23-17(26-14-3-6-27(7-4-14)8-10-28-2)24-5-9-29-16-15(19)11-13(12-25-16)18(20,21)22;/h11-12,14H,3-10H2,1-2H3,(H2,23,24,26);1H. The molecule has 0 radical (unpaired) electrons. The Morgan fingerprint density at radius 3 is 2.60 bits per heavy atom. The molecule has 0 bridgehead atoms. The van der Waals surface area contributed by atoms with Gasteiger partial charge in [0, 0.05) is 46.0 Å². The van der Waals surface area contributed by atoms with Crippen LogP contribution in [0.5, 0.6) is 5.88 Å².